The maximum Gasteiger partial charge on any atom is 0.405 e. The van der Waals surface area contributed by atoms with Crippen molar-refractivity contribution >= 4 is 22.5 Å². The SMILES string of the molecule is O=C(NCC(F)(F)F)N1CC=C(c2c[nH]c3ccccc23)CC1. The van der Waals surface area contributed by atoms with Crippen LogP contribution in [0.25, 0.3) is 16.5 Å². The van der Waals surface area contributed by atoms with E-state index in [1.165, 1.54) is 4.90 Å². The summed E-state index contributed by atoms with van der Waals surface area (Å²) in [6, 6.07) is 7.23. The number of aromatic nitrogens is 1. The number of rotatable bonds is 2. The third-order valence-corrected chi connectivity index (χ3v) is 3.87. The van der Waals surface area contributed by atoms with E-state index in [1.54, 1.807) is 0 Å². The lowest BCUT2D eigenvalue weighted by Gasteiger charge is -2.27. The molecule has 1 aromatic carbocycles. The molecule has 0 spiro atoms. The van der Waals surface area contributed by atoms with Gasteiger partial charge in [-0.2, -0.15) is 13.2 Å². The normalized spacial score (nSPS) is 15.6. The van der Waals surface area contributed by atoms with Crippen LogP contribution in [0.2, 0.25) is 0 Å². The van der Waals surface area contributed by atoms with Crippen molar-refractivity contribution in [1.82, 2.24) is 15.2 Å². The molecule has 23 heavy (non-hydrogen) atoms. The number of urea groups is 1. The van der Waals surface area contributed by atoms with Gasteiger partial charge in [-0.15, -0.1) is 0 Å². The van der Waals surface area contributed by atoms with Gasteiger partial charge in [0.1, 0.15) is 6.54 Å². The van der Waals surface area contributed by atoms with E-state index in [4.69, 9.17) is 0 Å². The molecule has 0 saturated carbocycles. The van der Waals surface area contributed by atoms with Crippen molar-refractivity contribution in [2.75, 3.05) is 19.6 Å². The van der Waals surface area contributed by atoms with Crippen LogP contribution in [0, 0.1) is 0 Å². The smallest absolute Gasteiger partial charge is 0.361 e. The van der Waals surface area contributed by atoms with E-state index in [0.29, 0.717) is 19.5 Å². The lowest BCUT2D eigenvalue weighted by Crippen LogP contribution is -2.45. The third-order valence-electron chi connectivity index (χ3n) is 3.87. The van der Waals surface area contributed by atoms with Crippen LogP contribution in [0.3, 0.4) is 0 Å². The minimum absolute atomic E-state index is 0.304. The Morgan fingerprint density at radius 1 is 1.30 bits per heavy atom. The number of halogens is 3. The van der Waals surface area contributed by atoms with Crippen LogP contribution in [-0.2, 0) is 0 Å². The summed E-state index contributed by atoms with van der Waals surface area (Å²) in [4.78, 5) is 16.3. The predicted molar refractivity (Wildman–Crippen MR) is 81.9 cm³/mol. The van der Waals surface area contributed by atoms with Gasteiger partial charge in [-0.25, -0.2) is 4.79 Å². The average molecular weight is 323 g/mol. The van der Waals surface area contributed by atoms with Crippen molar-refractivity contribution in [2.24, 2.45) is 0 Å². The Morgan fingerprint density at radius 3 is 2.78 bits per heavy atom. The molecule has 122 valence electrons. The summed E-state index contributed by atoms with van der Waals surface area (Å²) < 4.78 is 36.4. The Morgan fingerprint density at radius 2 is 2.09 bits per heavy atom. The average Bonchev–Trinajstić information content (AvgIpc) is 2.96. The van der Waals surface area contributed by atoms with E-state index >= 15 is 0 Å². The molecule has 0 atom stereocenters. The maximum absolute atomic E-state index is 12.1. The number of hydrogen-bond acceptors (Lipinski definition) is 1. The van der Waals surface area contributed by atoms with E-state index in [0.717, 1.165) is 22.0 Å². The first-order valence-electron chi connectivity index (χ1n) is 7.29. The zero-order chi connectivity index (χ0) is 16.4. The predicted octanol–water partition coefficient (Wildman–Crippen LogP) is 3.53. The number of carbonyl (C=O) groups is 1. The third kappa shape index (κ3) is 3.49. The molecule has 1 aliphatic heterocycles. The Bertz CT molecular complexity index is 748. The standard InChI is InChI=1S/C16H16F3N3O/c17-16(18,19)10-21-15(23)22-7-5-11(6-8-22)13-9-20-14-4-2-1-3-12(13)14/h1-5,9,20H,6-8,10H2,(H,21,23). The second-order valence-corrected chi connectivity index (χ2v) is 5.45. The number of fused-ring (bicyclic) bond motifs is 1. The van der Waals surface area contributed by atoms with Crippen molar-refractivity contribution in [2.45, 2.75) is 12.6 Å². The summed E-state index contributed by atoms with van der Waals surface area (Å²) in [5.41, 5.74) is 3.21. The van der Waals surface area contributed by atoms with E-state index in [-0.39, 0.29) is 0 Å². The molecule has 1 aliphatic rings. The van der Waals surface area contributed by atoms with Crippen LogP contribution in [0.15, 0.2) is 36.5 Å². The Labute approximate surface area is 131 Å². The largest absolute Gasteiger partial charge is 0.405 e. The van der Waals surface area contributed by atoms with Crippen molar-refractivity contribution in [1.29, 1.82) is 0 Å². The summed E-state index contributed by atoms with van der Waals surface area (Å²) in [5.74, 6) is 0. The molecule has 2 aromatic rings. The number of aromatic amines is 1. The van der Waals surface area contributed by atoms with Crippen molar-refractivity contribution < 1.29 is 18.0 Å². The van der Waals surface area contributed by atoms with Gasteiger partial charge in [0.15, 0.2) is 0 Å². The fourth-order valence-electron chi connectivity index (χ4n) is 2.72. The second-order valence-electron chi connectivity index (χ2n) is 5.45. The fourth-order valence-corrected chi connectivity index (χ4v) is 2.72. The number of para-hydroxylation sites is 1. The minimum atomic E-state index is -4.39. The maximum atomic E-state index is 12.1. The first kappa shape index (κ1) is 15.5. The molecular weight excluding hydrogens is 307 g/mol. The first-order valence-corrected chi connectivity index (χ1v) is 7.29. The summed E-state index contributed by atoms with van der Waals surface area (Å²) in [6.45, 7) is -0.602. The molecule has 0 radical (unpaired) electrons. The lowest BCUT2D eigenvalue weighted by molar-refractivity contribution is -0.123. The molecular formula is C16H16F3N3O. The van der Waals surface area contributed by atoms with Crippen molar-refractivity contribution in [3.63, 3.8) is 0 Å². The van der Waals surface area contributed by atoms with Gasteiger partial charge in [0.05, 0.1) is 0 Å². The Hall–Kier alpha value is -2.44. The highest BCUT2D eigenvalue weighted by atomic mass is 19.4. The second kappa shape index (κ2) is 5.98. The molecule has 0 fully saturated rings. The molecule has 0 aliphatic carbocycles. The van der Waals surface area contributed by atoms with Gasteiger partial charge in [0.25, 0.3) is 0 Å². The highest BCUT2D eigenvalue weighted by Gasteiger charge is 2.29. The number of amides is 2. The van der Waals surface area contributed by atoms with E-state index in [2.05, 4.69) is 4.98 Å². The van der Waals surface area contributed by atoms with Gasteiger partial charge in [-0.05, 0) is 18.1 Å². The number of H-pyrrole nitrogens is 1. The number of alkyl halides is 3. The van der Waals surface area contributed by atoms with Crippen molar-refractivity contribution in [3.05, 3.63) is 42.1 Å². The van der Waals surface area contributed by atoms with Gasteiger partial charge < -0.3 is 15.2 Å². The van der Waals surface area contributed by atoms with E-state index < -0.39 is 18.8 Å². The number of nitrogens with one attached hydrogen (secondary N) is 2. The van der Waals surface area contributed by atoms with Crippen LogP contribution >= 0.6 is 0 Å². The first-order chi connectivity index (χ1) is 10.9. The zero-order valence-electron chi connectivity index (χ0n) is 12.3. The molecule has 0 bridgehead atoms. The molecule has 1 aromatic heterocycles. The quantitative estimate of drug-likeness (QED) is 0.873. The summed E-state index contributed by atoms with van der Waals surface area (Å²) in [7, 11) is 0. The Balaban J connectivity index is 1.68. The lowest BCUT2D eigenvalue weighted by atomic mass is 9.99. The van der Waals surface area contributed by atoms with E-state index in [9.17, 15) is 18.0 Å². The van der Waals surface area contributed by atoms with E-state index in [1.807, 2.05) is 41.9 Å². The number of nitrogens with zero attached hydrogens (tertiary/aromatic N) is 1. The van der Waals surface area contributed by atoms with Crippen LogP contribution in [0.4, 0.5) is 18.0 Å². The van der Waals surface area contributed by atoms with Gasteiger partial charge in [-0.1, -0.05) is 24.3 Å². The zero-order valence-corrected chi connectivity index (χ0v) is 12.3. The molecule has 2 amide bonds. The van der Waals surface area contributed by atoms with Crippen LogP contribution in [0.1, 0.15) is 12.0 Å². The monoisotopic (exact) mass is 323 g/mol. The minimum Gasteiger partial charge on any atom is -0.361 e. The van der Waals surface area contributed by atoms with Gasteiger partial charge in [0.2, 0.25) is 0 Å². The summed E-state index contributed by atoms with van der Waals surface area (Å²) >= 11 is 0. The van der Waals surface area contributed by atoms with Crippen LogP contribution in [0.5, 0.6) is 0 Å². The number of benzene rings is 1. The molecule has 0 unspecified atom stereocenters. The molecule has 4 nitrogen and oxygen atoms in total. The number of hydrogen-bond donors (Lipinski definition) is 2. The highest BCUT2D eigenvalue weighted by molar-refractivity contribution is 5.93. The number of carbonyl (C=O) groups excluding carboxylic acids is 1. The van der Waals surface area contributed by atoms with Crippen LogP contribution < -0.4 is 5.32 Å². The summed E-state index contributed by atoms with van der Waals surface area (Å²) in [5, 5.41) is 3.00. The molecule has 3 rings (SSSR count). The topological polar surface area (TPSA) is 48.1 Å². The van der Waals surface area contributed by atoms with Crippen LogP contribution in [-0.4, -0.2) is 41.7 Å². The summed E-state index contributed by atoms with van der Waals surface area (Å²) in [6.07, 6.45) is 0.0416. The van der Waals surface area contributed by atoms with Crippen molar-refractivity contribution in [3.8, 4) is 0 Å². The van der Waals surface area contributed by atoms with Gasteiger partial charge in [0, 0.05) is 35.8 Å². The molecule has 0 saturated heterocycles. The highest BCUT2D eigenvalue weighted by Crippen LogP contribution is 2.29. The van der Waals surface area contributed by atoms with Gasteiger partial charge in [-0.3, -0.25) is 0 Å². The fraction of sp³-hybridized carbons (Fsp3) is 0.312. The molecule has 2 heterocycles. The van der Waals surface area contributed by atoms with Gasteiger partial charge >= 0.3 is 12.2 Å². The Kier molecular flexibility index (Phi) is 4.02. The molecule has 7 heteroatoms. The molecule has 2 N–H and O–H groups in total.